The van der Waals surface area contributed by atoms with Crippen LogP contribution in [-0.4, -0.2) is 90.7 Å². The predicted octanol–water partition coefficient (Wildman–Crippen LogP) is 14.0. The van der Waals surface area contributed by atoms with Gasteiger partial charge in [-0.2, -0.15) is 0 Å². The Morgan fingerprint density at radius 1 is 0.300 bits per heavy atom. The third kappa shape index (κ3) is 28.3. The molecule has 16 nitrogen and oxygen atoms in total. The molecule has 0 bridgehead atoms. The molecule has 4 N–H and O–H groups in total. The zero-order valence-corrected chi connectivity index (χ0v) is 45.3. The van der Waals surface area contributed by atoms with Gasteiger partial charge in [-0.05, 0) is 194 Å². The molecule has 0 aliphatic heterocycles. The summed E-state index contributed by atoms with van der Waals surface area (Å²) < 4.78 is 21.2. The summed E-state index contributed by atoms with van der Waals surface area (Å²) in [5.74, 6) is -0.800. The standard InChI is InChI=1S/2C12H10N2.4C10H12O3/c2*1(11-3-7-13-8-4-11)2-12-5-9-14-10-6-12;4*1-2-7-13-9-5-3-8(4-6-9)10(11)12/h2*1-10H;4*3-6H,2,7H2,1H3,(H,11,12)/b2*2-1+;;;;. The normalized spacial score (nSPS) is 9.95. The number of nitrogens with zero attached hydrogens (tertiary/aromatic N) is 4. The number of carboxylic acid groups (broad SMARTS) is 4. The summed E-state index contributed by atoms with van der Waals surface area (Å²) in [5, 5.41) is 34.4. The second-order valence-electron chi connectivity index (χ2n) is 16.5. The largest absolute Gasteiger partial charge is 0.494 e. The quantitative estimate of drug-likeness (QED) is 0.0555. The molecule has 16 heteroatoms. The fraction of sp³-hybridized carbons (Fsp3) is 0.188. The highest BCUT2D eigenvalue weighted by atomic mass is 16.5. The lowest BCUT2D eigenvalue weighted by Gasteiger charge is -2.03. The van der Waals surface area contributed by atoms with Crippen LogP contribution in [0, 0.1) is 0 Å². The third-order valence-electron chi connectivity index (χ3n) is 10.1. The summed E-state index contributed by atoms with van der Waals surface area (Å²) in [6.07, 6.45) is 26.3. The van der Waals surface area contributed by atoms with Crippen LogP contribution in [0.5, 0.6) is 23.0 Å². The Morgan fingerprint density at radius 2 is 0.463 bits per heavy atom. The van der Waals surface area contributed by atoms with Crippen LogP contribution in [0.15, 0.2) is 195 Å². The summed E-state index contributed by atoms with van der Waals surface area (Å²) >= 11 is 0. The van der Waals surface area contributed by atoms with Crippen molar-refractivity contribution in [3.63, 3.8) is 0 Å². The number of carboxylic acids is 4. The van der Waals surface area contributed by atoms with Gasteiger partial charge in [0.25, 0.3) is 0 Å². The van der Waals surface area contributed by atoms with Crippen molar-refractivity contribution in [3.05, 3.63) is 240 Å². The van der Waals surface area contributed by atoms with Crippen molar-refractivity contribution >= 4 is 48.2 Å². The lowest BCUT2D eigenvalue weighted by atomic mass is 10.2. The van der Waals surface area contributed by atoms with Crippen molar-refractivity contribution in [3.8, 4) is 23.0 Å². The molecule has 0 saturated heterocycles. The molecule has 8 aromatic rings. The molecule has 0 atom stereocenters. The second kappa shape index (κ2) is 39.4. The average molecular weight is 1090 g/mol. The van der Waals surface area contributed by atoms with Gasteiger partial charge in [-0.1, -0.05) is 52.0 Å². The molecular formula is C64H68N4O12. The first-order valence-electron chi connectivity index (χ1n) is 25.7. The van der Waals surface area contributed by atoms with Crippen LogP contribution < -0.4 is 18.9 Å². The van der Waals surface area contributed by atoms with Gasteiger partial charge in [-0.3, -0.25) is 19.9 Å². The van der Waals surface area contributed by atoms with Gasteiger partial charge in [0.2, 0.25) is 0 Å². The molecule has 0 aliphatic rings. The highest BCUT2D eigenvalue weighted by molar-refractivity contribution is 5.89. The molecule has 0 radical (unpaired) electrons. The van der Waals surface area contributed by atoms with E-state index in [1.807, 2.05) is 76.2 Å². The molecule has 0 saturated carbocycles. The summed E-state index contributed by atoms with van der Waals surface area (Å²) in [7, 11) is 0. The second-order valence-corrected chi connectivity index (χ2v) is 16.5. The van der Waals surface area contributed by atoms with Crippen LogP contribution in [0.3, 0.4) is 0 Å². The van der Waals surface area contributed by atoms with Crippen LogP contribution in [-0.2, 0) is 0 Å². The fourth-order valence-corrected chi connectivity index (χ4v) is 5.94. The van der Waals surface area contributed by atoms with Crippen molar-refractivity contribution < 1.29 is 58.6 Å². The van der Waals surface area contributed by atoms with Gasteiger partial charge >= 0.3 is 23.9 Å². The summed E-state index contributed by atoms with van der Waals surface area (Å²) in [4.78, 5) is 57.8. The first-order chi connectivity index (χ1) is 38.8. The Bertz CT molecular complexity index is 2590. The number of hydrogen-bond acceptors (Lipinski definition) is 12. The zero-order valence-electron chi connectivity index (χ0n) is 45.3. The lowest BCUT2D eigenvalue weighted by Crippen LogP contribution is -1.97. The van der Waals surface area contributed by atoms with E-state index in [0.29, 0.717) is 49.4 Å². The predicted molar refractivity (Wildman–Crippen MR) is 312 cm³/mol. The van der Waals surface area contributed by atoms with Crippen molar-refractivity contribution in [2.75, 3.05) is 26.4 Å². The molecule has 80 heavy (non-hydrogen) atoms. The molecular weight excluding hydrogens is 1020 g/mol. The van der Waals surface area contributed by atoms with E-state index in [-0.39, 0.29) is 22.3 Å². The molecule has 0 aliphatic carbocycles. The maximum atomic E-state index is 10.5. The SMILES string of the molecule is C(=C\c1ccncc1)/c1ccncc1.C(=C\c1ccncc1)/c1ccncc1.CCCOc1ccc(C(=O)O)cc1.CCCOc1ccc(C(=O)O)cc1.CCCOc1ccc(C(=O)O)cc1.CCCOc1ccc(C(=O)O)cc1. The Morgan fingerprint density at radius 3 is 0.600 bits per heavy atom. The minimum absolute atomic E-state index is 0.281. The van der Waals surface area contributed by atoms with E-state index < -0.39 is 23.9 Å². The van der Waals surface area contributed by atoms with E-state index in [1.54, 1.807) is 98.1 Å². The number of hydrogen-bond donors (Lipinski definition) is 4. The number of ether oxygens (including phenoxy) is 4. The van der Waals surface area contributed by atoms with Gasteiger partial charge in [0.1, 0.15) is 23.0 Å². The zero-order chi connectivity index (χ0) is 58.0. The molecule has 0 unspecified atom stereocenters. The van der Waals surface area contributed by atoms with Gasteiger partial charge in [0.05, 0.1) is 48.7 Å². The Kier molecular flexibility index (Phi) is 31.7. The highest BCUT2D eigenvalue weighted by Crippen LogP contribution is 2.16. The third-order valence-corrected chi connectivity index (χ3v) is 10.1. The van der Waals surface area contributed by atoms with Gasteiger partial charge in [0.15, 0.2) is 0 Å². The molecule has 0 spiro atoms. The number of carbonyl (C=O) groups is 4. The Labute approximate surface area is 467 Å². The van der Waals surface area contributed by atoms with Crippen LogP contribution in [0.25, 0.3) is 24.3 Å². The Hall–Kier alpha value is -9.96. The maximum absolute atomic E-state index is 10.5. The molecule has 0 amide bonds. The topological polar surface area (TPSA) is 238 Å². The van der Waals surface area contributed by atoms with Gasteiger partial charge < -0.3 is 39.4 Å². The van der Waals surface area contributed by atoms with E-state index in [9.17, 15) is 19.2 Å². The van der Waals surface area contributed by atoms with E-state index >= 15 is 0 Å². The minimum atomic E-state index is -0.915. The first kappa shape index (κ1) is 64.3. The highest BCUT2D eigenvalue weighted by Gasteiger charge is 2.04. The molecule has 416 valence electrons. The number of pyridine rings is 4. The number of aromatic carboxylic acids is 4. The number of benzene rings is 4. The van der Waals surface area contributed by atoms with Crippen molar-refractivity contribution in [2.24, 2.45) is 0 Å². The fourth-order valence-electron chi connectivity index (χ4n) is 5.94. The van der Waals surface area contributed by atoms with E-state index in [1.165, 1.54) is 48.5 Å². The lowest BCUT2D eigenvalue weighted by molar-refractivity contribution is 0.0686. The van der Waals surface area contributed by atoms with Gasteiger partial charge in [-0.25, -0.2) is 19.2 Å². The van der Waals surface area contributed by atoms with Gasteiger partial charge in [0, 0.05) is 49.6 Å². The molecule has 8 rings (SSSR count). The molecule has 0 fully saturated rings. The monoisotopic (exact) mass is 1080 g/mol. The average Bonchev–Trinajstić information content (AvgIpc) is 3.50. The smallest absolute Gasteiger partial charge is 0.335 e. The minimum Gasteiger partial charge on any atom is -0.494 e. The van der Waals surface area contributed by atoms with Crippen molar-refractivity contribution in [2.45, 2.75) is 53.4 Å². The van der Waals surface area contributed by atoms with E-state index in [2.05, 4.69) is 44.2 Å². The van der Waals surface area contributed by atoms with Crippen LogP contribution in [0.4, 0.5) is 0 Å². The number of aromatic nitrogens is 4. The summed E-state index contributed by atoms with van der Waals surface area (Å²) in [5.41, 5.74) is 5.72. The summed E-state index contributed by atoms with van der Waals surface area (Å²) in [6, 6.07) is 41.4. The van der Waals surface area contributed by atoms with Crippen LogP contribution in [0.2, 0.25) is 0 Å². The van der Waals surface area contributed by atoms with Crippen molar-refractivity contribution in [1.82, 2.24) is 19.9 Å². The van der Waals surface area contributed by atoms with Crippen LogP contribution in [0.1, 0.15) is 117 Å². The molecule has 4 aromatic heterocycles. The summed E-state index contributed by atoms with van der Waals surface area (Å²) in [6.45, 7) is 10.7. The molecule has 4 aromatic carbocycles. The van der Waals surface area contributed by atoms with Gasteiger partial charge in [-0.15, -0.1) is 0 Å². The van der Waals surface area contributed by atoms with Crippen LogP contribution >= 0.6 is 0 Å². The first-order valence-corrected chi connectivity index (χ1v) is 25.7. The van der Waals surface area contributed by atoms with Crippen molar-refractivity contribution in [1.29, 1.82) is 0 Å². The van der Waals surface area contributed by atoms with E-state index in [0.717, 1.165) is 47.9 Å². The molecule has 4 heterocycles. The maximum Gasteiger partial charge on any atom is 0.335 e. The number of rotatable bonds is 20. The Balaban J connectivity index is 0.000000252. The van der Waals surface area contributed by atoms with E-state index in [4.69, 9.17) is 39.4 Å².